The Morgan fingerprint density at radius 3 is 2.67 bits per heavy atom. The van der Waals surface area contributed by atoms with Crippen molar-refractivity contribution in [2.45, 2.75) is 51.4 Å². The second-order valence-corrected chi connectivity index (χ2v) is 8.91. The lowest BCUT2D eigenvalue weighted by molar-refractivity contribution is -0.133. The predicted molar refractivity (Wildman–Crippen MR) is 141 cm³/mol. The molecule has 3 rings (SSSR count). The van der Waals surface area contributed by atoms with E-state index in [-0.39, 0.29) is 54.0 Å². The molecule has 7 nitrogen and oxygen atoms in total. The molecule has 0 saturated carbocycles. The summed E-state index contributed by atoms with van der Waals surface area (Å²) in [7, 11) is 3.66. The Balaban J connectivity index is 0.00000385. The topological polar surface area (TPSA) is 60.4 Å². The lowest BCUT2D eigenvalue weighted by Crippen LogP contribution is -2.50. The van der Waals surface area contributed by atoms with Crippen molar-refractivity contribution in [2.75, 3.05) is 53.4 Å². The van der Waals surface area contributed by atoms with E-state index in [1.807, 2.05) is 14.1 Å². The molecule has 1 aromatic rings. The molecule has 0 radical (unpaired) electrons. The normalized spacial score (nSPS) is 23.8. The minimum atomic E-state index is -0.239. The number of benzene rings is 1. The minimum absolute atomic E-state index is 0. The van der Waals surface area contributed by atoms with E-state index in [9.17, 15) is 9.18 Å². The number of likely N-dealkylation sites (tertiary alicyclic amines) is 1. The van der Waals surface area contributed by atoms with Crippen molar-refractivity contribution in [2.24, 2.45) is 4.99 Å². The van der Waals surface area contributed by atoms with Gasteiger partial charge < -0.3 is 19.9 Å². The second-order valence-electron chi connectivity index (χ2n) is 8.91. The average molecular weight is 576 g/mol. The number of halogens is 2. The summed E-state index contributed by atoms with van der Waals surface area (Å²) >= 11 is 0. The lowest BCUT2D eigenvalue weighted by atomic mass is 10.1. The van der Waals surface area contributed by atoms with Gasteiger partial charge in [-0.1, -0.05) is 12.1 Å². The van der Waals surface area contributed by atoms with Gasteiger partial charge in [0, 0.05) is 40.3 Å². The van der Waals surface area contributed by atoms with Gasteiger partial charge in [-0.2, -0.15) is 0 Å². The monoisotopic (exact) mass is 575 g/mol. The van der Waals surface area contributed by atoms with Gasteiger partial charge in [-0.15, -0.1) is 24.0 Å². The first kappa shape index (κ1) is 27.8. The number of nitrogens with zero attached hydrogens (tertiary/aromatic N) is 4. The molecule has 2 fully saturated rings. The zero-order valence-electron chi connectivity index (χ0n) is 20.3. The summed E-state index contributed by atoms with van der Waals surface area (Å²) in [5.74, 6) is 0.850. The Morgan fingerprint density at radius 2 is 2.00 bits per heavy atom. The van der Waals surface area contributed by atoms with Gasteiger partial charge in [0.25, 0.3) is 0 Å². The highest BCUT2D eigenvalue weighted by atomic mass is 127. The van der Waals surface area contributed by atoms with Crippen molar-refractivity contribution in [3.63, 3.8) is 0 Å². The molecule has 1 amide bonds. The molecule has 0 bridgehead atoms. The number of amides is 1. The van der Waals surface area contributed by atoms with E-state index in [0.717, 1.165) is 57.0 Å². The van der Waals surface area contributed by atoms with E-state index < -0.39 is 0 Å². The van der Waals surface area contributed by atoms with Crippen LogP contribution in [-0.4, -0.2) is 92.1 Å². The predicted octanol–water partition coefficient (Wildman–Crippen LogP) is 3.11. The third-order valence-electron chi connectivity index (χ3n) is 6.09. The highest BCUT2D eigenvalue weighted by Gasteiger charge is 2.31. The van der Waals surface area contributed by atoms with Gasteiger partial charge in [-0.05, 0) is 57.4 Å². The first-order valence-electron chi connectivity index (χ1n) is 11.8. The number of aliphatic imine (C=N–C) groups is 1. The molecule has 0 aromatic heterocycles. The SMILES string of the molecule is CCNC(=NCCCN1CCCC1C(=O)N(C)C)N1CC(C)OC(c2ccc(F)cc2)C1.I. The smallest absolute Gasteiger partial charge is 0.239 e. The van der Waals surface area contributed by atoms with Crippen LogP contribution in [0.5, 0.6) is 0 Å². The van der Waals surface area contributed by atoms with Crippen LogP contribution >= 0.6 is 24.0 Å². The van der Waals surface area contributed by atoms with Crippen molar-refractivity contribution in [1.82, 2.24) is 20.0 Å². The summed E-state index contributed by atoms with van der Waals surface area (Å²) in [6, 6.07) is 6.56. The number of hydrogen-bond acceptors (Lipinski definition) is 4. The number of carbonyl (C=O) groups is 1. The first-order chi connectivity index (χ1) is 15.4. The third kappa shape index (κ3) is 7.78. The maximum Gasteiger partial charge on any atom is 0.239 e. The average Bonchev–Trinajstić information content (AvgIpc) is 3.23. The van der Waals surface area contributed by atoms with Crippen molar-refractivity contribution in [3.8, 4) is 0 Å². The van der Waals surface area contributed by atoms with Gasteiger partial charge in [0.15, 0.2) is 5.96 Å². The van der Waals surface area contributed by atoms with Gasteiger partial charge in [0.05, 0.1) is 18.7 Å². The molecule has 3 atom stereocenters. The van der Waals surface area contributed by atoms with Crippen LogP contribution in [0.1, 0.15) is 44.8 Å². The van der Waals surface area contributed by atoms with Crippen LogP contribution in [-0.2, 0) is 9.53 Å². The Morgan fingerprint density at radius 1 is 1.27 bits per heavy atom. The standard InChI is InChI=1S/C24H38FN5O2.HI/c1-5-26-24(27-13-7-15-29-14-6-8-21(29)23(31)28(3)4)30-16-18(2)32-22(17-30)19-9-11-20(25)12-10-19;/h9-12,18,21-22H,5-8,13-17H2,1-4H3,(H,26,27);1H. The number of likely N-dealkylation sites (N-methyl/N-ethyl adjacent to an activating group) is 1. The minimum Gasteiger partial charge on any atom is -0.367 e. The molecule has 0 aliphatic carbocycles. The fourth-order valence-electron chi connectivity index (χ4n) is 4.54. The molecule has 9 heteroatoms. The van der Waals surface area contributed by atoms with Gasteiger partial charge in [-0.3, -0.25) is 14.7 Å². The molecular formula is C24H39FIN5O2. The van der Waals surface area contributed by atoms with Crippen LogP contribution in [0.2, 0.25) is 0 Å². The fraction of sp³-hybridized carbons (Fsp3) is 0.667. The van der Waals surface area contributed by atoms with Crippen LogP contribution in [0, 0.1) is 5.82 Å². The Kier molecular flexibility index (Phi) is 11.3. The van der Waals surface area contributed by atoms with E-state index in [0.29, 0.717) is 13.1 Å². The molecule has 3 unspecified atom stereocenters. The molecule has 2 aliphatic heterocycles. The number of hydrogen-bond donors (Lipinski definition) is 1. The van der Waals surface area contributed by atoms with E-state index in [2.05, 4.69) is 29.0 Å². The van der Waals surface area contributed by atoms with E-state index >= 15 is 0 Å². The Labute approximate surface area is 214 Å². The molecule has 33 heavy (non-hydrogen) atoms. The van der Waals surface area contributed by atoms with Crippen LogP contribution in [0.25, 0.3) is 0 Å². The van der Waals surface area contributed by atoms with E-state index in [1.165, 1.54) is 12.1 Å². The largest absolute Gasteiger partial charge is 0.367 e. The van der Waals surface area contributed by atoms with E-state index in [4.69, 9.17) is 9.73 Å². The van der Waals surface area contributed by atoms with Gasteiger partial charge in [-0.25, -0.2) is 4.39 Å². The summed E-state index contributed by atoms with van der Waals surface area (Å²) in [6.07, 6.45) is 2.86. The second kappa shape index (κ2) is 13.4. The molecule has 2 heterocycles. The Hall–Kier alpha value is -1.46. The number of nitrogens with one attached hydrogen (secondary N) is 1. The van der Waals surface area contributed by atoms with Crippen LogP contribution in [0.4, 0.5) is 4.39 Å². The number of carbonyl (C=O) groups excluding carboxylic acids is 1. The maximum atomic E-state index is 13.3. The summed E-state index contributed by atoms with van der Waals surface area (Å²) in [6.45, 7) is 8.91. The summed E-state index contributed by atoms with van der Waals surface area (Å²) in [4.78, 5) is 23.5. The van der Waals surface area contributed by atoms with E-state index in [1.54, 1.807) is 17.0 Å². The number of ether oxygens (including phenoxy) is 1. The molecule has 186 valence electrons. The molecule has 0 spiro atoms. The number of morpholine rings is 1. The Bertz CT molecular complexity index is 777. The summed E-state index contributed by atoms with van der Waals surface area (Å²) in [5.41, 5.74) is 0.976. The zero-order valence-corrected chi connectivity index (χ0v) is 22.6. The molecule has 2 aliphatic rings. The van der Waals surface area contributed by atoms with Crippen molar-refractivity contribution >= 4 is 35.8 Å². The fourth-order valence-corrected chi connectivity index (χ4v) is 4.54. The van der Waals surface area contributed by atoms with Crippen molar-refractivity contribution in [1.29, 1.82) is 0 Å². The van der Waals surface area contributed by atoms with Crippen molar-refractivity contribution in [3.05, 3.63) is 35.6 Å². The number of guanidine groups is 1. The highest BCUT2D eigenvalue weighted by molar-refractivity contribution is 14.0. The number of rotatable bonds is 7. The van der Waals surface area contributed by atoms with Gasteiger partial charge in [0.1, 0.15) is 11.9 Å². The highest BCUT2D eigenvalue weighted by Crippen LogP contribution is 2.25. The summed E-state index contributed by atoms with van der Waals surface area (Å²) in [5, 5.41) is 3.41. The lowest BCUT2D eigenvalue weighted by Gasteiger charge is -2.38. The van der Waals surface area contributed by atoms with Crippen LogP contribution in [0.15, 0.2) is 29.3 Å². The first-order valence-corrected chi connectivity index (χ1v) is 11.8. The molecule has 1 aromatic carbocycles. The zero-order chi connectivity index (χ0) is 23.1. The molecule has 1 N–H and O–H groups in total. The molecular weight excluding hydrogens is 536 g/mol. The van der Waals surface area contributed by atoms with Crippen LogP contribution < -0.4 is 5.32 Å². The molecule has 2 saturated heterocycles. The van der Waals surface area contributed by atoms with Gasteiger partial charge >= 0.3 is 0 Å². The quantitative estimate of drug-likeness (QED) is 0.235. The van der Waals surface area contributed by atoms with Crippen molar-refractivity contribution < 1.29 is 13.9 Å². The maximum absolute atomic E-state index is 13.3. The third-order valence-corrected chi connectivity index (χ3v) is 6.09. The van der Waals surface area contributed by atoms with Crippen LogP contribution in [0.3, 0.4) is 0 Å². The summed E-state index contributed by atoms with van der Waals surface area (Å²) < 4.78 is 19.5. The van der Waals surface area contributed by atoms with Gasteiger partial charge in [0.2, 0.25) is 5.91 Å².